The van der Waals surface area contributed by atoms with Crippen molar-refractivity contribution in [2.45, 2.75) is 90.9 Å². The van der Waals surface area contributed by atoms with E-state index in [2.05, 4.69) is 13.8 Å². The molecule has 2 aliphatic carbocycles. The van der Waals surface area contributed by atoms with E-state index in [-0.39, 0.29) is 11.3 Å². The van der Waals surface area contributed by atoms with E-state index in [0.717, 1.165) is 55.8 Å². The van der Waals surface area contributed by atoms with Crippen LogP contribution in [0.2, 0.25) is 0 Å². The van der Waals surface area contributed by atoms with E-state index in [4.69, 9.17) is 9.47 Å². The summed E-state index contributed by atoms with van der Waals surface area (Å²) in [6, 6.07) is 10.5. The van der Waals surface area contributed by atoms with Crippen LogP contribution in [0.15, 0.2) is 36.4 Å². The van der Waals surface area contributed by atoms with Gasteiger partial charge in [0.05, 0.1) is 13.2 Å². The van der Waals surface area contributed by atoms with Crippen molar-refractivity contribution in [2.75, 3.05) is 13.2 Å². The molecule has 0 aromatic heterocycles. The third-order valence-corrected chi connectivity index (χ3v) is 8.61. The lowest BCUT2D eigenvalue weighted by Crippen LogP contribution is -2.18. The summed E-state index contributed by atoms with van der Waals surface area (Å²) in [5, 5.41) is 0. The normalized spacial score (nSPS) is 23.1. The quantitative estimate of drug-likeness (QED) is 0.241. The molecular weight excluding hydrogens is 454 g/mol. The highest BCUT2D eigenvalue weighted by atomic mass is 19.2. The van der Waals surface area contributed by atoms with Gasteiger partial charge in [0.25, 0.3) is 0 Å². The number of ether oxygens (including phenoxy) is 2. The Hall–Kier alpha value is -2.10. The molecule has 0 heterocycles. The van der Waals surface area contributed by atoms with Gasteiger partial charge in [-0.3, -0.25) is 0 Å². The molecule has 2 aliphatic rings. The minimum atomic E-state index is -0.913. The highest BCUT2D eigenvalue weighted by Gasteiger charge is 2.44. The Morgan fingerprint density at radius 1 is 0.694 bits per heavy atom. The first kappa shape index (κ1) is 26.9. The molecule has 2 aromatic rings. The molecule has 2 nitrogen and oxygen atoms in total. The number of hydrogen-bond donors (Lipinski definition) is 0. The Balaban J connectivity index is 1.28. The minimum absolute atomic E-state index is 0.0120. The van der Waals surface area contributed by atoms with Gasteiger partial charge in [0.2, 0.25) is 5.82 Å². The minimum Gasteiger partial charge on any atom is -0.493 e. The van der Waals surface area contributed by atoms with Crippen molar-refractivity contribution < 1.29 is 18.3 Å². The topological polar surface area (TPSA) is 18.5 Å². The highest BCUT2D eigenvalue weighted by molar-refractivity contribution is 5.66. The lowest BCUT2D eigenvalue weighted by Gasteiger charge is -2.21. The third-order valence-electron chi connectivity index (χ3n) is 8.61. The van der Waals surface area contributed by atoms with E-state index in [1.807, 2.05) is 24.3 Å². The van der Waals surface area contributed by atoms with E-state index in [9.17, 15) is 8.78 Å². The Morgan fingerprint density at radius 3 is 2.14 bits per heavy atom. The van der Waals surface area contributed by atoms with E-state index in [1.165, 1.54) is 57.4 Å². The predicted octanol–water partition coefficient (Wildman–Crippen LogP) is 9.60. The molecule has 0 saturated heterocycles. The summed E-state index contributed by atoms with van der Waals surface area (Å²) in [4.78, 5) is 0. The maximum atomic E-state index is 14.8. The van der Waals surface area contributed by atoms with Gasteiger partial charge in [-0.2, -0.15) is 4.39 Å². The molecule has 0 radical (unpaired) electrons. The van der Waals surface area contributed by atoms with Crippen molar-refractivity contribution >= 4 is 0 Å². The zero-order chi connectivity index (χ0) is 25.3. The number of benzene rings is 2. The predicted molar refractivity (Wildman–Crippen MR) is 143 cm³/mol. The highest BCUT2D eigenvalue weighted by Crippen LogP contribution is 2.52. The van der Waals surface area contributed by atoms with Crippen LogP contribution in [-0.2, 0) is 0 Å². The van der Waals surface area contributed by atoms with Gasteiger partial charge < -0.3 is 9.47 Å². The molecule has 2 saturated carbocycles. The molecule has 0 aliphatic heterocycles. The van der Waals surface area contributed by atoms with Crippen molar-refractivity contribution in [3.05, 3.63) is 48.0 Å². The van der Waals surface area contributed by atoms with Crippen LogP contribution in [0, 0.1) is 35.3 Å². The van der Waals surface area contributed by atoms with E-state index < -0.39 is 11.6 Å². The first-order valence-electron chi connectivity index (χ1n) is 14.5. The van der Waals surface area contributed by atoms with Crippen molar-refractivity contribution in [1.29, 1.82) is 0 Å². The first-order chi connectivity index (χ1) is 17.6. The summed E-state index contributed by atoms with van der Waals surface area (Å²) < 4.78 is 41.1. The van der Waals surface area contributed by atoms with Gasteiger partial charge in [-0.15, -0.1) is 0 Å². The van der Waals surface area contributed by atoms with Gasteiger partial charge in [0, 0.05) is 5.56 Å². The van der Waals surface area contributed by atoms with Crippen LogP contribution in [0.1, 0.15) is 90.9 Å². The molecule has 0 spiro atoms. The van der Waals surface area contributed by atoms with Crippen LogP contribution >= 0.6 is 0 Å². The molecule has 198 valence electrons. The SMILES string of the molecule is CCCCCCOc1ccc(-c2ccc(OCC3CCC4C(CCCCC)CCC34)cc2)c(F)c1F. The summed E-state index contributed by atoms with van der Waals surface area (Å²) >= 11 is 0. The Bertz CT molecular complexity index is 942. The lowest BCUT2D eigenvalue weighted by molar-refractivity contribution is 0.201. The molecule has 0 N–H and O–H groups in total. The Kier molecular flexibility index (Phi) is 10.1. The van der Waals surface area contributed by atoms with E-state index in [1.54, 1.807) is 6.07 Å². The second-order valence-electron chi connectivity index (χ2n) is 11.0. The van der Waals surface area contributed by atoms with Crippen LogP contribution in [-0.4, -0.2) is 13.2 Å². The number of fused-ring (bicyclic) bond motifs is 1. The first-order valence-corrected chi connectivity index (χ1v) is 14.5. The van der Waals surface area contributed by atoms with Crippen LogP contribution in [0.4, 0.5) is 8.78 Å². The number of unbranched alkanes of at least 4 members (excludes halogenated alkanes) is 5. The average molecular weight is 499 g/mol. The monoisotopic (exact) mass is 498 g/mol. The fraction of sp³-hybridized carbons (Fsp3) is 0.625. The fourth-order valence-electron chi connectivity index (χ4n) is 6.57. The van der Waals surface area contributed by atoms with Crippen LogP contribution in [0.5, 0.6) is 11.5 Å². The zero-order valence-corrected chi connectivity index (χ0v) is 22.2. The van der Waals surface area contributed by atoms with Crippen molar-refractivity contribution in [1.82, 2.24) is 0 Å². The number of rotatable bonds is 14. The molecular formula is C32H44F2O2. The van der Waals surface area contributed by atoms with Crippen molar-refractivity contribution in [2.24, 2.45) is 23.7 Å². The van der Waals surface area contributed by atoms with Crippen molar-refractivity contribution in [3.8, 4) is 22.6 Å². The van der Waals surface area contributed by atoms with Gasteiger partial charge >= 0.3 is 0 Å². The van der Waals surface area contributed by atoms with Crippen molar-refractivity contribution in [3.63, 3.8) is 0 Å². The number of halogens is 2. The summed E-state index contributed by atoms with van der Waals surface area (Å²) in [5.74, 6) is 2.31. The lowest BCUT2D eigenvalue weighted by atomic mass is 9.86. The maximum Gasteiger partial charge on any atom is 0.201 e. The molecule has 0 amide bonds. The third kappa shape index (κ3) is 6.61. The Labute approximate surface area is 216 Å². The molecule has 4 rings (SSSR count). The Morgan fingerprint density at radius 2 is 1.39 bits per heavy atom. The maximum absolute atomic E-state index is 14.8. The zero-order valence-electron chi connectivity index (χ0n) is 22.2. The summed E-state index contributed by atoms with van der Waals surface area (Å²) in [7, 11) is 0. The van der Waals surface area contributed by atoms with Gasteiger partial charge in [-0.25, -0.2) is 4.39 Å². The van der Waals surface area contributed by atoms with Crippen LogP contribution < -0.4 is 9.47 Å². The molecule has 4 heteroatoms. The second kappa shape index (κ2) is 13.4. The molecule has 36 heavy (non-hydrogen) atoms. The summed E-state index contributed by atoms with van der Waals surface area (Å²) in [6.07, 6.45) is 15.0. The largest absolute Gasteiger partial charge is 0.493 e. The smallest absolute Gasteiger partial charge is 0.201 e. The summed E-state index contributed by atoms with van der Waals surface area (Å²) in [6.45, 7) is 5.58. The van der Waals surface area contributed by atoms with E-state index >= 15 is 0 Å². The van der Waals surface area contributed by atoms with Crippen LogP contribution in [0.25, 0.3) is 11.1 Å². The van der Waals surface area contributed by atoms with Gasteiger partial charge in [-0.1, -0.05) is 70.9 Å². The van der Waals surface area contributed by atoms with Gasteiger partial charge in [0.1, 0.15) is 5.75 Å². The molecule has 0 bridgehead atoms. The van der Waals surface area contributed by atoms with Gasteiger partial charge in [0.15, 0.2) is 11.6 Å². The van der Waals surface area contributed by atoms with Crippen LogP contribution in [0.3, 0.4) is 0 Å². The molecule has 4 unspecified atom stereocenters. The molecule has 2 aromatic carbocycles. The molecule has 4 atom stereocenters. The fourth-order valence-corrected chi connectivity index (χ4v) is 6.57. The standard InChI is InChI=1S/C32H44F2O2/c1-3-5-7-9-21-35-30-20-19-29(31(33)32(30)34)24-11-15-26(16-12-24)36-22-25-14-18-27-23(10-8-6-4-2)13-17-28(25)27/h11-12,15-16,19-20,23,25,27-28H,3-10,13-14,17-18,21-22H2,1-2H3. The number of hydrogen-bond acceptors (Lipinski definition) is 2. The summed E-state index contributed by atoms with van der Waals surface area (Å²) in [5.41, 5.74) is 0.885. The molecule has 2 fully saturated rings. The van der Waals surface area contributed by atoms with E-state index in [0.29, 0.717) is 18.1 Å². The second-order valence-corrected chi connectivity index (χ2v) is 11.0. The van der Waals surface area contributed by atoms with Gasteiger partial charge in [-0.05, 0) is 85.6 Å². The average Bonchev–Trinajstić information content (AvgIpc) is 3.48.